The fraction of sp³-hybridized carbons (Fsp3) is 0.562. The van der Waals surface area contributed by atoms with Gasteiger partial charge < -0.3 is 20.1 Å². The third-order valence-electron chi connectivity index (χ3n) is 3.31. The highest BCUT2D eigenvalue weighted by atomic mass is 16.5. The van der Waals surface area contributed by atoms with Gasteiger partial charge in [0.15, 0.2) is 6.10 Å². The summed E-state index contributed by atoms with van der Waals surface area (Å²) >= 11 is 0. The molecule has 2 unspecified atom stereocenters. The molecule has 0 bridgehead atoms. The number of methoxy groups -OCH3 is 1. The first-order chi connectivity index (χ1) is 10.0. The zero-order valence-corrected chi connectivity index (χ0v) is 13.5. The van der Waals surface area contributed by atoms with Crippen molar-refractivity contribution in [2.24, 2.45) is 0 Å². The second-order valence-electron chi connectivity index (χ2n) is 5.08. The maximum absolute atomic E-state index is 12.0. The highest BCUT2D eigenvalue weighted by molar-refractivity contribution is 5.81. The summed E-state index contributed by atoms with van der Waals surface area (Å²) in [5.41, 5.74) is 0.958. The van der Waals surface area contributed by atoms with Crippen LogP contribution in [0, 0.1) is 0 Å². The van der Waals surface area contributed by atoms with Crippen LogP contribution in [0.3, 0.4) is 0 Å². The van der Waals surface area contributed by atoms with Gasteiger partial charge in [-0.25, -0.2) is 0 Å². The van der Waals surface area contributed by atoms with E-state index in [1.54, 1.807) is 14.0 Å². The monoisotopic (exact) mass is 294 g/mol. The van der Waals surface area contributed by atoms with Crippen LogP contribution in [0.2, 0.25) is 0 Å². The minimum absolute atomic E-state index is 0.101. The Kier molecular flexibility index (Phi) is 7.02. The molecule has 1 amide bonds. The average Bonchev–Trinajstić information content (AvgIpc) is 2.48. The van der Waals surface area contributed by atoms with E-state index in [-0.39, 0.29) is 11.9 Å². The molecule has 1 rings (SSSR count). The molecule has 0 aliphatic heterocycles. The number of carbonyl (C=O) groups excluding carboxylic acids is 1. The molecule has 0 aromatic heterocycles. The highest BCUT2D eigenvalue weighted by Crippen LogP contribution is 2.25. The lowest BCUT2D eigenvalue weighted by Crippen LogP contribution is -2.41. The van der Waals surface area contributed by atoms with Gasteiger partial charge in [0.05, 0.1) is 7.11 Å². The molecule has 0 heterocycles. The number of benzene rings is 1. The summed E-state index contributed by atoms with van der Waals surface area (Å²) in [5.74, 6) is 1.36. The van der Waals surface area contributed by atoms with Crippen LogP contribution in [-0.4, -0.2) is 32.2 Å². The van der Waals surface area contributed by atoms with Crippen molar-refractivity contribution in [1.29, 1.82) is 0 Å². The zero-order valence-electron chi connectivity index (χ0n) is 13.5. The first-order valence-electron chi connectivity index (χ1n) is 7.30. The summed E-state index contributed by atoms with van der Waals surface area (Å²) in [6, 6.07) is 5.72. The van der Waals surface area contributed by atoms with Crippen molar-refractivity contribution in [3.05, 3.63) is 23.8 Å². The Balaban J connectivity index is 2.78. The molecule has 0 fully saturated rings. The fourth-order valence-corrected chi connectivity index (χ4v) is 1.83. The molecular formula is C16H26N2O3. The average molecular weight is 294 g/mol. The Morgan fingerprint density at radius 2 is 2.05 bits per heavy atom. The van der Waals surface area contributed by atoms with Gasteiger partial charge in [-0.2, -0.15) is 0 Å². The number of carbonyl (C=O) groups is 1. The predicted molar refractivity (Wildman–Crippen MR) is 83.7 cm³/mol. The SMILES string of the molecule is CCC(C)NC(=O)C(C)Oc1ccc(OC)cc1CNC. The van der Waals surface area contributed by atoms with Crippen LogP contribution >= 0.6 is 0 Å². The van der Waals surface area contributed by atoms with Crippen molar-refractivity contribution in [2.45, 2.75) is 45.9 Å². The van der Waals surface area contributed by atoms with Crippen molar-refractivity contribution in [2.75, 3.05) is 14.2 Å². The number of hydrogen-bond acceptors (Lipinski definition) is 4. The van der Waals surface area contributed by atoms with Crippen molar-refractivity contribution >= 4 is 5.91 Å². The standard InChI is InChI=1S/C16H26N2O3/c1-6-11(2)18-16(19)12(3)21-15-8-7-14(20-5)9-13(15)10-17-4/h7-9,11-12,17H,6,10H2,1-5H3,(H,18,19). The predicted octanol–water partition coefficient (Wildman–Crippen LogP) is 2.10. The van der Waals surface area contributed by atoms with E-state index in [9.17, 15) is 4.79 Å². The lowest BCUT2D eigenvalue weighted by Gasteiger charge is -2.19. The lowest BCUT2D eigenvalue weighted by molar-refractivity contribution is -0.127. The van der Waals surface area contributed by atoms with Gasteiger partial charge in [0.25, 0.3) is 5.91 Å². The summed E-state index contributed by atoms with van der Waals surface area (Å²) in [4.78, 5) is 12.0. The number of ether oxygens (including phenoxy) is 2. The van der Waals surface area contributed by atoms with Gasteiger partial charge in [-0.05, 0) is 45.5 Å². The Hall–Kier alpha value is -1.75. The fourth-order valence-electron chi connectivity index (χ4n) is 1.83. The van der Waals surface area contributed by atoms with Crippen LogP contribution in [0.5, 0.6) is 11.5 Å². The van der Waals surface area contributed by atoms with Crippen LogP contribution in [0.15, 0.2) is 18.2 Å². The molecule has 21 heavy (non-hydrogen) atoms. The van der Waals surface area contributed by atoms with E-state index in [0.29, 0.717) is 12.3 Å². The van der Waals surface area contributed by atoms with Crippen molar-refractivity contribution in [1.82, 2.24) is 10.6 Å². The molecule has 118 valence electrons. The van der Waals surface area contributed by atoms with Gasteiger partial charge in [0, 0.05) is 18.2 Å². The summed E-state index contributed by atoms with van der Waals surface area (Å²) in [7, 11) is 3.49. The maximum Gasteiger partial charge on any atom is 0.260 e. The highest BCUT2D eigenvalue weighted by Gasteiger charge is 2.17. The lowest BCUT2D eigenvalue weighted by atomic mass is 10.2. The number of rotatable bonds is 8. The molecule has 0 aliphatic carbocycles. The van der Waals surface area contributed by atoms with Gasteiger partial charge in [-0.1, -0.05) is 6.92 Å². The number of amides is 1. The topological polar surface area (TPSA) is 59.6 Å². The van der Waals surface area contributed by atoms with Crippen LogP contribution in [0.25, 0.3) is 0 Å². The second kappa shape index (κ2) is 8.52. The van der Waals surface area contributed by atoms with Gasteiger partial charge >= 0.3 is 0 Å². The molecule has 0 spiro atoms. The molecule has 0 radical (unpaired) electrons. The minimum Gasteiger partial charge on any atom is -0.497 e. The van der Waals surface area contributed by atoms with Gasteiger partial charge in [-0.15, -0.1) is 0 Å². The zero-order chi connectivity index (χ0) is 15.8. The molecule has 1 aromatic carbocycles. The van der Waals surface area contributed by atoms with E-state index in [2.05, 4.69) is 10.6 Å². The molecule has 0 saturated carbocycles. The molecule has 5 nitrogen and oxygen atoms in total. The van der Waals surface area contributed by atoms with Gasteiger partial charge in [0.2, 0.25) is 0 Å². The molecule has 2 N–H and O–H groups in total. The first-order valence-corrected chi connectivity index (χ1v) is 7.30. The Morgan fingerprint density at radius 3 is 2.62 bits per heavy atom. The van der Waals surface area contributed by atoms with Crippen molar-refractivity contribution < 1.29 is 14.3 Å². The molecular weight excluding hydrogens is 268 g/mol. The van der Waals surface area contributed by atoms with Gasteiger partial charge in [-0.3, -0.25) is 4.79 Å². The van der Waals surface area contributed by atoms with Crippen LogP contribution in [-0.2, 0) is 11.3 Å². The van der Waals surface area contributed by atoms with E-state index in [0.717, 1.165) is 17.7 Å². The third kappa shape index (κ3) is 5.27. The van der Waals surface area contributed by atoms with Crippen molar-refractivity contribution in [3.8, 4) is 11.5 Å². The molecule has 0 saturated heterocycles. The number of nitrogens with one attached hydrogen (secondary N) is 2. The second-order valence-corrected chi connectivity index (χ2v) is 5.08. The number of hydrogen-bond donors (Lipinski definition) is 2. The molecule has 5 heteroatoms. The largest absolute Gasteiger partial charge is 0.497 e. The van der Waals surface area contributed by atoms with Crippen LogP contribution < -0.4 is 20.1 Å². The van der Waals surface area contributed by atoms with E-state index in [1.807, 2.05) is 39.1 Å². The van der Waals surface area contributed by atoms with E-state index in [1.165, 1.54) is 0 Å². The normalized spacial score (nSPS) is 13.4. The summed E-state index contributed by atoms with van der Waals surface area (Å²) < 4.78 is 11.0. The Labute approximate surface area is 127 Å². The third-order valence-corrected chi connectivity index (χ3v) is 3.31. The van der Waals surface area contributed by atoms with Crippen molar-refractivity contribution in [3.63, 3.8) is 0 Å². The van der Waals surface area contributed by atoms with E-state index < -0.39 is 6.10 Å². The quantitative estimate of drug-likeness (QED) is 0.771. The Bertz CT molecular complexity index is 463. The molecule has 1 aromatic rings. The minimum atomic E-state index is -0.539. The molecule has 2 atom stereocenters. The van der Waals surface area contributed by atoms with E-state index >= 15 is 0 Å². The molecule has 0 aliphatic rings. The smallest absolute Gasteiger partial charge is 0.260 e. The van der Waals surface area contributed by atoms with E-state index in [4.69, 9.17) is 9.47 Å². The maximum atomic E-state index is 12.0. The van der Waals surface area contributed by atoms with Crippen LogP contribution in [0.1, 0.15) is 32.8 Å². The summed E-state index contributed by atoms with van der Waals surface area (Å²) in [6.07, 6.45) is 0.356. The van der Waals surface area contributed by atoms with Crippen LogP contribution in [0.4, 0.5) is 0 Å². The summed E-state index contributed by atoms with van der Waals surface area (Å²) in [5, 5.41) is 6.00. The Morgan fingerprint density at radius 1 is 1.33 bits per heavy atom. The summed E-state index contributed by atoms with van der Waals surface area (Å²) in [6.45, 7) is 6.41. The van der Waals surface area contributed by atoms with Gasteiger partial charge in [0.1, 0.15) is 11.5 Å². The first kappa shape index (κ1) is 17.3.